The number of fused-ring (bicyclic) bond motifs is 1. The molecule has 2 rings (SSSR count). The quantitative estimate of drug-likeness (QED) is 0.843. The van der Waals surface area contributed by atoms with Crippen LogP contribution in [0.25, 0.3) is 10.9 Å². The zero-order valence-electron chi connectivity index (χ0n) is 9.14. The summed E-state index contributed by atoms with van der Waals surface area (Å²) in [5.74, 6) is -0.908. The maximum absolute atomic E-state index is 13.9. The van der Waals surface area contributed by atoms with Gasteiger partial charge < -0.3 is 5.32 Å². The van der Waals surface area contributed by atoms with Crippen molar-refractivity contribution in [1.82, 2.24) is 4.98 Å². The van der Waals surface area contributed by atoms with Gasteiger partial charge in [-0.25, -0.2) is 8.78 Å². The molecule has 0 amide bonds. The summed E-state index contributed by atoms with van der Waals surface area (Å²) in [6.45, 7) is 4.09. The van der Waals surface area contributed by atoms with E-state index >= 15 is 0 Å². The predicted octanol–water partition coefficient (Wildman–Crippen LogP) is 3.25. The average Bonchev–Trinajstić information content (AvgIpc) is 2.26. The molecule has 2 nitrogen and oxygen atoms in total. The molecular weight excluding hydrogens is 210 g/mol. The Labute approximate surface area is 92.3 Å². The summed E-state index contributed by atoms with van der Waals surface area (Å²) in [4.78, 5) is 3.87. The zero-order chi connectivity index (χ0) is 11.7. The zero-order valence-corrected chi connectivity index (χ0v) is 9.14. The number of hydrogen-bond acceptors (Lipinski definition) is 2. The predicted molar refractivity (Wildman–Crippen MR) is 60.6 cm³/mol. The molecule has 1 aromatic heterocycles. The number of nitrogens with zero attached hydrogens (tertiary/aromatic N) is 1. The van der Waals surface area contributed by atoms with E-state index in [9.17, 15) is 8.78 Å². The second kappa shape index (κ2) is 4.04. The molecule has 2 aromatic rings. The van der Waals surface area contributed by atoms with E-state index in [0.717, 1.165) is 0 Å². The van der Waals surface area contributed by atoms with Crippen LogP contribution in [0, 0.1) is 18.6 Å². The summed E-state index contributed by atoms with van der Waals surface area (Å²) in [7, 11) is 0. The maximum Gasteiger partial charge on any atom is 0.149 e. The van der Waals surface area contributed by atoms with Gasteiger partial charge in [0, 0.05) is 18.4 Å². The fourth-order valence-corrected chi connectivity index (χ4v) is 1.72. The molecule has 0 unspecified atom stereocenters. The molecule has 1 heterocycles. The first kappa shape index (κ1) is 10.8. The lowest BCUT2D eigenvalue weighted by atomic mass is 10.1. The highest BCUT2D eigenvalue weighted by Gasteiger charge is 2.13. The highest BCUT2D eigenvalue weighted by molar-refractivity contribution is 5.92. The largest absolute Gasteiger partial charge is 0.385 e. The molecule has 0 spiro atoms. The van der Waals surface area contributed by atoms with Crippen LogP contribution >= 0.6 is 0 Å². The van der Waals surface area contributed by atoms with E-state index in [2.05, 4.69) is 10.3 Å². The second-order valence-corrected chi connectivity index (χ2v) is 3.60. The highest BCUT2D eigenvalue weighted by atomic mass is 19.1. The lowest BCUT2D eigenvalue weighted by molar-refractivity contribution is 0.608. The third kappa shape index (κ3) is 1.60. The first-order chi connectivity index (χ1) is 7.65. The number of rotatable bonds is 2. The third-order valence-electron chi connectivity index (χ3n) is 2.45. The van der Waals surface area contributed by atoms with Gasteiger partial charge in [-0.3, -0.25) is 4.98 Å². The lowest BCUT2D eigenvalue weighted by Crippen LogP contribution is -2.01. The van der Waals surface area contributed by atoms with Crippen LogP contribution in [0.1, 0.15) is 12.5 Å². The number of hydrogen-bond donors (Lipinski definition) is 1. The van der Waals surface area contributed by atoms with Crippen LogP contribution in [0.4, 0.5) is 14.5 Å². The molecule has 84 valence electrons. The summed E-state index contributed by atoms with van der Waals surface area (Å²) in [6, 6.07) is 2.81. The van der Waals surface area contributed by atoms with Crippen LogP contribution in [-0.4, -0.2) is 11.5 Å². The smallest absolute Gasteiger partial charge is 0.149 e. The van der Waals surface area contributed by atoms with Gasteiger partial charge in [0.05, 0.1) is 5.39 Å². The first-order valence-electron chi connectivity index (χ1n) is 5.12. The molecule has 1 N–H and O–H groups in total. The minimum absolute atomic E-state index is 0.0709. The van der Waals surface area contributed by atoms with Gasteiger partial charge in [-0.05, 0) is 31.5 Å². The molecule has 0 fully saturated rings. The molecule has 0 aliphatic rings. The van der Waals surface area contributed by atoms with E-state index in [1.807, 2.05) is 6.92 Å². The molecule has 0 saturated carbocycles. The van der Waals surface area contributed by atoms with Crippen molar-refractivity contribution in [2.75, 3.05) is 11.9 Å². The van der Waals surface area contributed by atoms with Crippen molar-refractivity contribution in [3.63, 3.8) is 0 Å². The minimum Gasteiger partial charge on any atom is -0.385 e. The summed E-state index contributed by atoms with van der Waals surface area (Å²) in [6.07, 6.45) is 1.47. The normalized spacial score (nSPS) is 10.8. The molecule has 0 aliphatic heterocycles. The van der Waals surface area contributed by atoms with E-state index in [4.69, 9.17) is 0 Å². The average molecular weight is 222 g/mol. The van der Waals surface area contributed by atoms with Crippen molar-refractivity contribution in [2.24, 2.45) is 0 Å². The third-order valence-corrected chi connectivity index (χ3v) is 2.45. The Bertz CT molecular complexity index is 538. The van der Waals surface area contributed by atoms with Crippen molar-refractivity contribution in [3.05, 3.63) is 35.5 Å². The fraction of sp³-hybridized carbons (Fsp3) is 0.250. The van der Waals surface area contributed by atoms with Gasteiger partial charge in [0.25, 0.3) is 0 Å². The standard InChI is InChI=1S/C12H12F2N2/c1-3-15-9-4-5-16-12-8(13)6-7(2)11(14)10(9)12/h4-6H,3H2,1-2H3,(H,15,16). The molecular formula is C12H12F2N2. The van der Waals surface area contributed by atoms with Crippen LogP contribution in [-0.2, 0) is 0 Å². The molecule has 0 bridgehead atoms. The summed E-state index contributed by atoms with van der Waals surface area (Å²) >= 11 is 0. The van der Waals surface area contributed by atoms with Crippen LogP contribution in [0.2, 0.25) is 0 Å². The van der Waals surface area contributed by atoms with Gasteiger partial charge in [0.15, 0.2) is 0 Å². The van der Waals surface area contributed by atoms with Crippen LogP contribution in [0.15, 0.2) is 18.3 Å². The Morgan fingerprint density at radius 1 is 1.38 bits per heavy atom. The van der Waals surface area contributed by atoms with Crippen LogP contribution in [0.5, 0.6) is 0 Å². The number of benzene rings is 1. The number of halogens is 2. The van der Waals surface area contributed by atoms with Gasteiger partial charge in [-0.2, -0.15) is 0 Å². The summed E-state index contributed by atoms with van der Waals surface area (Å²) < 4.78 is 27.5. The van der Waals surface area contributed by atoms with Gasteiger partial charge in [0.1, 0.15) is 17.2 Å². The van der Waals surface area contributed by atoms with Crippen LogP contribution < -0.4 is 5.32 Å². The fourth-order valence-electron chi connectivity index (χ4n) is 1.72. The van der Waals surface area contributed by atoms with E-state index < -0.39 is 11.6 Å². The lowest BCUT2D eigenvalue weighted by Gasteiger charge is -2.10. The number of aromatic nitrogens is 1. The Morgan fingerprint density at radius 3 is 2.81 bits per heavy atom. The first-order valence-corrected chi connectivity index (χ1v) is 5.12. The molecule has 0 radical (unpaired) electrons. The van der Waals surface area contributed by atoms with Gasteiger partial charge in [-0.1, -0.05) is 0 Å². The molecule has 0 saturated heterocycles. The molecule has 16 heavy (non-hydrogen) atoms. The van der Waals surface area contributed by atoms with E-state index in [1.54, 1.807) is 13.0 Å². The Balaban J connectivity index is 2.84. The van der Waals surface area contributed by atoms with E-state index in [0.29, 0.717) is 12.2 Å². The van der Waals surface area contributed by atoms with Crippen molar-refractivity contribution in [3.8, 4) is 0 Å². The Kier molecular flexibility index (Phi) is 2.73. The molecule has 1 aromatic carbocycles. The van der Waals surface area contributed by atoms with Crippen molar-refractivity contribution < 1.29 is 8.78 Å². The van der Waals surface area contributed by atoms with Gasteiger partial charge >= 0.3 is 0 Å². The SMILES string of the molecule is CCNc1ccnc2c(F)cc(C)c(F)c12. The van der Waals surface area contributed by atoms with Gasteiger partial charge in [-0.15, -0.1) is 0 Å². The Morgan fingerprint density at radius 2 is 2.12 bits per heavy atom. The highest BCUT2D eigenvalue weighted by Crippen LogP contribution is 2.28. The summed E-state index contributed by atoms with van der Waals surface area (Å²) in [5.41, 5.74) is 0.936. The number of aryl methyl sites for hydroxylation is 1. The van der Waals surface area contributed by atoms with Crippen LogP contribution in [0.3, 0.4) is 0 Å². The van der Waals surface area contributed by atoms with Crippen molar-refractivity contribution in [1.29, 1.82) is 0 Å². The van der Waals surface area contributed by atoms with Crippen molar-refractivity contribution in [2.45, 2.75) is 13.8 Å². The Hall–Kier alpha value is -1.71. The minimum atomic E-state index is -0.492. The summed E-state index contributed by atoms with van der Waals surface area (Å²) in [5, 5.41) is 3.22. The number of pyridine rings is 1. The molecule has 4 heteroatoms. The molecule has 0 aliphatic carbocycles. The van der Waals surface area contributed by atoms with Gasteiger partial charge in [0.2, 0.25) is 0 Å². The van der Waals surface area contributed by atoms with Crippen molar-refractivity contribution >= 4 is 16.6 Å². The topological polar surface area (TPSA) is 24.9 Å². The second-order valence-electron chi connectivity index (χ2n) is 3.60. The number of nitrogens with one attached hydrogen (secondary N) is 1. The molecule has 0 atom stereocenters. The van der Waals surface area contributed by atoms with E-state index in [1.165, 1.54) is 12.3 Å². The number of anilines is 1. The van der Waals surface area contributed by atoms with E-state index in [-0.39, 0.29) is 16.5 Å². The maximum atomic E-state index is 13.9. The monoisotopic (exact) mass is 222 g/mol.